The smallest absolute Gasteiger partial charge is 0.268 e. The number of amides is 2. The number of hydrogen-bond acceptors (Lipinski definition) is 4. The highest BCUT2D eigenvalue weighted by atomic mass is 32.2. The maximum absolute atomic E-state index is 13.5. The van der Waals surface area contributed by atoms with E-state index in [1.54, 1.807) is 4.90 Å². The molecule has 0 N–H and O–H groups in total. The van der Waals surface area contributed by atoms with E-state index in [1.165, 1.54) is 31.0 Å². The van der Waals surface area contributed by atoms with Crippen LogP contribution in [-0.2, 0) is 9.59 Å². The molecular weight excluding hydrogens is 394 g/mol. The van der Waals surface area contributed by atoms with Crippen molar-refractivity contribution in [2.75, 3.05) is 6.61 Å². The maximum Gasteiger partial charge on any atom is 0.268 e. The average Bonchev–Trinajstić information content (AvgIpc) is 2.90. The lowest BCUT2D eigenvalue weighted by molar-refractivity contribution is -0.139. The Labute approximate surface area is 185 Å². The van der Waals surface area contributed by atoms with Gasteiger partial charge >= 0.3 is 0 Å². The Morgan fingerprint density at radius 3 is 2.10 bits per heavy atom. The summed E-state index contributed by atoms with van der Waals surface area (Å²) in [7, 11) is 0. The van der Waals surface area contributed by atoms with Crippen LogP contribution in [0, 0.1) is 5.92 Å². The van der Waals surface area contributed by atoms with E-state index in [-0.39, 0.29) is 23.1 Å². The van der Waals surface area contributed by atoms with Crippen molar-refractivity contribution in [3.8, 4) is 5.75 Å². The molecule has 0 atom stereocenters. The van der Waals surface area contributed by atoms with E-state index in [4.69, 9.17) is 4.74 Å². The fraction of sp³-hybridized carbons (Fsp3) is 0.600. The van der Waals surface area contributed by atoms with Gasteiger partial charge in [-0.25, -0.2) is 0 Å². The molecular formula is C25H35NO3S. The molecule has 1 aliphatic heterocycles. The van der Waals surface area contributed by atoms with E-state index in [1.807, 2.05) is 24.3 Å². The molecule has 164 valence electrons. The normalized spacial score (nSPS) is 19.1. The second-order valence-corrected chi connectivity index (χ2v) is 10.7. The van der Waals surface area contributed by atoms with Gasteiger partial charge in [0.1, 0.15) is 5.75 Å². The van der Waals surface area contributed by atoms with E-state index < -0.39 is 0 Å². The van der Waals surface area contributed by atoms with Crippen LogP contribution in [0.3, 0.4) is 0 Å². The van der Waals surface area contributed by atoms with E-state index in [0.29, 0.717) is 23.0 Å². The molecule has 0 unspecified atom stereocenters. The number of ether oxygens (including phenoxy) is 1. The molecule has 0 aromatic heterocycles. The fourth-order valence-electron chi connectivity index (χ4n) is 4.13. The van der Waals surface area contributed by atoms with Crippen LogP contribution in [0.4, 0.5) is 0 Å². The lowest BCUT2D eigenvalue weighted by Gasteiger charge is -2.28. The summed E-state index contributed by atoms with van der Waals surface area (Å²) in [6.45, 7) is 9.01. The second-order valence-electron chi connectivity index (χ2n) is 9.08. The van der Waals surface area contributed by atoms with Gasteiger partial charge in [-0.2, -0.15) is 0 Å². The molecule has 0 spiro atoms. The fourth-order valence-corrected chi connectivity index (χ4v) is 5.12. The monoisotopic (exact) mass is 429 g/mol. The minimum Gasteiger partial charge on any atom is -0.493 e. The van der Waals surface area contributed by atoms with Gasteiger partial charge in [-0.05, 0) is 36.5 Å². The zero-order valence-electron chi connectivity index (χ0n) is 18.8. The van der Waals surface area contributed by atoms with Crippen molar-refractivity contribution in [2.45, 2.75) is 83.9 Å². The molecule has 1 heterocycles. The van der Waals surface area contributed by atoms with Crippen molar-refractivity contribution < 1.29 is 14.3 Å². The summed E-state index contributed by atoms with van der Waals surface area (Å²) in [5.74, 6) is 1.02. The van der Waals surface area contributed by atoms with Gasteiger partial charge in [0, 0.05) is 11.3 Å². The van der Waals surface area contributed by atoms with Crippen molar-refractivity contribution in [3.05, 3.63) is 34.7 Å². The van der Waals surface area contributed by atoms with E-state index >= 15 is 0 Å². The molecule has 1 aromatic rings. The van der Waals surface area contributed by atoms with E-state index in [2.05, 4.69) is 27.7 Å². The lowest BCUT2D eigenvalue weighted by atomic mass is 9.95. The highest BCUT2D eigenvalue weighted by Gasteiger charge is 2.42. The van der Waals surface area contributed by atoms with Gasteiger partial charge in [0.2, 0.25) is 0 Å². The predicted octanol–water partition coefficient (Wildman–Crippen LogP) is 6.06. The Morgan fingerprint density at radius 2 is 1.53 bits per heavy atom. The number of hydrogen-bond donors (Lipinski definition) is 0. The molecule has 5 heteroatoms. The molecule has 30 heavy (non-hydrogen) atoms. The molecule has 0 saturated heterocycles. The van der Waals surface area contributed by atoms with Crippen LogP contribution in [0.2, 0.25) is 0 Å². The van der Waals surface area contributed by atoms with E-state index in [0.717, 1.165) is 37.0 Å². The van der Waals surface area contributed by atoms with Gasteiger partial charge in [0.05, 0.1) is 17.1 Å². The topological polar surface area (TPSA) is 46.6 Å². The Hall–Kier alpha value is -1.75. The minimum absolute atomic E-state index is 0.0270. The number of imide groups is 1. The Morgan fingerprint density at radius 1 is 0.933 bits per heavy atom. The summed E-state index contributed by atoms with van der Waals surface area (Å²) >= 11 is 1.51. The van der Waals surface area contributed by atoms with Gasteiger partial charge in [0.15, 0.2) is 0 Å². The third kappa shape index (κ3) is 5.48. The van der Waals surface area contributed by atoms with Gasteiger partial charge in [-0.1, -0.05) is 71.9 Å². The van der Waals surface area contributed by atoms with Crippen LogP contribution in [0.15, 0.2) is 29.2 Å². The molecule has 1 fully saturated rings. The van der Waals surface area contributed by atoms with Gasteiger partial charge in [-0.15, -0.1) is 11.8 Å². The van der Waals surface area contributed by atoms with Gasteiger partial charge < -0.3 is 4.74 Å². The Kier molecular flexibility index (Phi) is 8.04. The molecule has 0 bridgehead atoms. The van der Waals surface area contributed by atoms with Crippen molar-refractivity contribution in [1.82, 2.24) is 4.90 Å². The van der Waals surface area contributed by atoms with Crippen molar-refractivity contribution in [3.63, 3.8) is 0 Å². The number of carbonyl (C=O) groups is 2. The van der Waals surface area contributed by atoms with Gasteiger partial charge in [0.25, 0.3) is 11.8 Å². The first-order chi connectivity index (χ1) is 14.4. The first kappa shape index (κ1) is 22.9. The van der Waals surface area contributed by atoms with Crippen LogP contribution < -0.4 is 4.74 Å². The summed E-state index contributed by atoms with van der Waals surface area (Å²) in [4.78, 5) is 29.1. The molecule has 1 saturated carbocycles. The maximum atomic E-state index is 13.5. The highest BCUT2D eigenvalue weighted by molar-refractivity contribution is 8.04. The molecule has 4 nitrogen and oxygen atoms in total. The number of benzene rings is 1. The minimum atomic E-state index is -0.121. The Bertz CT molecular complexity index is 774. The molecule has 2 aliphatic rings. The number of carbonyl (C=O) groups excluding carboxylic acids is 2. The molecule has 0 radical (unpaired) electrons. The second kappa shape index (κ2) is 10.5. The molecule has 3 rings (SSSR count). The van der Waals surface area contributed by atoms with Crippen LogP contribution in [-0.4, -0.2) is 34.6 Å². The third-order valence-corrected chi connectivity index (χ3v) is 6.68. The zero-order chi connectivity index (χ0) is 21.7. The highest BCUT2D eigenvalue weighted by Crippen LogP contribution is 2.40. The summed E-state index contributed by atoms with van der Waals surface area (Å²) in [5.41, 5.74) is 1.37. The summed E-state index contributed by atoms with van der Waals surface area (Å²) in [6, 6.07) is 7.66. The summed E-state index contributed by atoms with van der Waals surface area (Å²) < 4.78 is 5.78. The average molecular weight is 430 g/mol. The SMILES string of the molecule is CC(C)COc1ccc(C2=C(SC(C)C)C(=O)N(C3CCCCCCC3)C2=O)cc1. The zero-order valence-corrected chi connectivity index (χ0v) is 19.6. The molecule has 1 aliphatic carbocycles. The van der Waals surface area contributed by atoms with Crippen LogP contribution in [0.1, 0.15) is 78.2 Å². The first-order valence-corrected chi connectivity index (χ1v) is 12.3. The number of nitrogens with zero attached hydrogens (tertiary/aromatic N) is 1. The Balaban J connectivity index is 1.88. The van der Waals surface area contributed by atoms with Crippen LogP contribution in [0.5, 0.6) is 5.75 Å². The summed E-state index contributed by atoms with van der Waals surface area (Å²) in [6.07, 6.45) is 7.67. The number of rotatable bonds is 7. The largest absolute Gasteiger partial charge is 0.493 e. The van der Waals surface area contributed by atoms with Crippen LogP contribution >= 0.6 is 11.8 Å². The molecule has 1 aromatic carbocycles. The quantitative estimate of drug-likeness (QED) is 0.495. The van der Waals surface area contributed by atoms with Crippen LogP contribution in [0.25, 0.3) is 5.57 Å². The van der Waals surface area contributed by atoms with E-state index in [9.17, 15) is 9.59 Å². The third-order valence-electron chi connectivity index (χ3n) is 5.59. The number of thioether (sulfide) groups is 1. The molecule has 2 amide bonds. The van der Waals surface area contributed by atoms with Crippen molar-refractivity contribution in [1.29, 1.82) is 0 Å². The van der Waals surface area contributed by atoms with Gasteiger partial charge in [-0.3, -0.25) is 14.5 Å². The first-order valence-electron chi connectivity index (χ1n) is 11.4. The summed E-state index contributed by atoms with van der Waals surface area (Å²) in [5, 5.41) is 0.234. The van der Waals surface area contributed by atoms with Crippen molar-refractivity contribution >= 4 is 29.1 Å². The lowest BCUT2D eigenvalue weighted by Crippen LogP contribution is -2.41. The standard InChI is InChI=1S/C25H35NO3S/c1-17(2)16-29-21-14-12-19(13-15-21)22-23(30-18(3)4)25(28)26(24(22)27)20-10-8-6-5-7-9-11-20/h12-15,17-18,20H,5-11,16H2,1-4H3. The van der Waals surface area contributed by atoms with Crippen molar-refractivity contribution in [2.24, 2.45) is 5.92 Å². The predicted molar refractivity (Wildman–Crippen MR) is 124 cm³/mol.